The van der Waals surface area contributed by atoms with Gasteiger partial charge in [-0.1, -0.05) is 18.1 Å². The molecule has 2 rings (SSSR count). The Balaban J connectivity index is 2.12. The summed E-state index contributed by atoms with van der Waals surface area (Å²) in [5, 5.41) is 14.8. The average Bonchev–Trinajstić information content (AvgIpc) is 2.92. The van der Waals surface area contributed by atoms with Crippen molar-refractivity contribution < 1.29 is 14.2 Å². The summed E-state index contributed by atoms with van der Waals surface area (Å²) in [6, 6.07) is 4.51. The average molecular weight is 292 g/mol. The van der Waals surface area contributed by atoms with Gasteiger partial charge in [-0.25, -0.2) is 0 Å². The summed E-state index contributed by atoms with van der Waals surface area (Å²) in [4.78, 5) is 14.6. The van der Waals surface area contributed by atoms with Gasteiger partial charge in [0.05, 0.1) is 4.92 Å². The van der Waals surface area contributed by atoms with Crippen LogP contribution in [0.25, 0.3) is 0 Å². The lowest BCUT2D eigenvalue weighted by Gasteiger charge is -2.06. The normalized spacial score (nSPS) is 10.6. The maximum Gasteiger partial charge on any atom is 0.310 e. The van der Waals surface area contributed by atoms with Gasteiger partial charge in [-0.3, -0.25) is 10.1 Å². The Bertz CT molecular complexity index is 626. The number of nitro groups is 1. The number of aromatic nitrogens is 2. The first-order valence-corrected chi connectivity index (χ1v) is 6.55. The van der Waals surface area contributed by atoms with Gasteiger partial charge in [0.25, 0.3) is 5.89 Å². The lowest BCUT2D eigenvalue weighted by atomic mass is 10.2. The van der Waals surface area contributed by atoms with Crippen LogP contribution in [0, 0.1) is 10.1 Å². The Kier molecular flexibility index (Phi) is 4.83. The van der Waals surface area contributed by atoms with Crippen molar-refractivity contribution in [1.82, 2.24) is 10.1 Å². The predicted molar refractivity (Wildman–Crippen MR) is 73.6 cm³/mol. The summed E-state index contributed by atoms with van der Waals surface area (Å²) < 4.78 is 10.4. The lowest BCUT2D eigenvalue weighted by molar-refractivity contribution is -0.386. The van der Waals surface area contributed by atoms with E-state index < -0.39 is 4.92 Å². The van der Waals surface area contributed by atoms with Crippen LogP contribution in [-0.4, -0.2) is 15.1 Å². The highest BCUT2D eigenvalue weighted by atomic mass is 16.6. The largest absolute Gasteiger partial charge is 0.477 e. The van der Waals surface area contributed by atoms with Crippen LogP contribution in [0.4, 0.5) is 5.69 Å². The first-order valence-electron chi connectivity index (χ1n) is 6.55. The number of hydrogen-bond donors (Lipinski definition) is 1. The van der Waals surface area contributed by atoms with E-state index in [1.807, 2.05) is 6.92 Å². The third kappa shape index (κ3) is 3.76. The van der Waals surface area contributed by atoms with Crippen molar-refractivity contribution in [2.75, 3.05) is 0 Å². The summed E-state index contributed by atoms with van der Waals surface area (Å²) in [6.07, 6.45) is 1.62. The van der Waals surface area contributed by atoms with Gasteiger partial charge >= 0.3 is 5.69 Å². The molecular formula is C13H16N4O4. The highest BCUT2D eigenvalue weighted by Crippen LogP contribution is 2.28. The maximum absolute atomic E-state index is 11.0. The summed E-state index contributed by atoms with van der Waals surface area (Å²) in [7, 11) is 0. The lowest BCUT2D eigenvalue weighted by Crippen LogP contribution is -2.02. The molecule has 0 atom stereocenters. The summed E-state index contributed by atoms with van der Waals surface area (Å²) in [5.41, 5.74) is 6.14. The monoisotopic (exact) mass is 292 g/mol. The van der Waals surface area contributed by atoms with Gasteiger partial charge in [-0.05, 0) is 18.1 Å². The van der Waals surface area contributed by atoms with Gasteiger partial charge in [-0.2, -0.15) is 4.98 Å². The van der Waals surface area contributed by atoms with Crippen LogP contribution in [0.15, 0.2) is 22.7 Å². The van der Waals surface area contributed by atoms with Crippen molar-refractivity contribution in [1.29, 1.82) is 0 Å². The van der Waals surface area contributed by atoms with Crippen LogP contribution in [-0.2, 0) is 19.6 Å². The Hall–Kier alpha value is -2.48. The van der Waals surface area contributed by atoms with Crippen molar-refractivity contribution in [2.24, 2.45) is 5.73 Å². The van der Waals surface area contributed by atoms with Crippen molar-refractivity contribution in [2.45, 2.75) is 32.9 Å². The molecule has 1 aromatic carbocycles. The van der Waals surface area contributed by atoms with Gasteiger partial charge < -0.3 is 15.0 Å². The zero-order valence-corrected chi connectivity index (χ0v) is 11.6. The second-order valence-electron chi connectivity index (χ2n) is 4.41. The van der Waals surface area contributed by atoms with Crippen LogP contribution in [0.1, 0.15) is 30.6 Å². The second-order valence-corrected chi connectivity index (χ2v) is 4.41. The molecule has 0 aliphatic heterocycles. The molecule has 0 saturated carbocycles. The minimum Gasteiger partial charge on any atom is -0.477 e. The highest BCUT2D eigenvalue weighted by Gasteiger charge is 2.16. The van der Waals surface area contributed by atoms with Crippen molar-refractivity contribution in [3.05, 3.63) is 45.6 Å². The number of nitro benzene ring substituents is 1. The highest BCUT2D eigenvalue weighted by molar-refractivity contribution is 5.48. The molecule has 0 fully saturated rings. The quantitative estimate of drug-likeness (QED) is 0.612. The number of nitrogens with two attached hydrogens (primary N) is 1. The van der Waals surface area contributed by atoms with E-state index in [0.717, 1.165) is 12.0 Å². The predicted octanol–water partition coefficient (Wildman–Crippen LogP) is 1.97. The van der Waals surface area contributed by atoms with E-state index in [0.29, 0.717) is 12.2 Å². The second kappa shape index (κ2) is 6.80. The Morgan fingerprint density at radius 3 is 2.95 bits per heavy atom. The van der Waals surface area contributed by atoms with Gasteiger partial charge in [0.2, 0.25) is 0 Å². The van der Waals surface area contributed by atoms with Crippen LogP contribution in [0.3, 0.4) is 0 Å². The smallest absolute Gasteiger partial charge is 0.310 e. The Morgan fingerprint density at radius 1 is 1.48 bits per heavy atom. The van der Waals surface area contributed by atoms with E-state index in [-0.39, 0.29) is 30.5 Å². The molecule has 2 aromatic rings. The molecule has 1 heterocycles. The van der Waals surface area contributed by atoms with E-state index in [9.17, 15) is 10.1 Å². The number of rotatable bonds is 7. The van der Waals surface area contributed by atoms with Gasteiger partial charge in [0, 0.05) is 19.0 Å². The summed E-state index contributed by atoms with van der Waals surface area (Å²) in [5.74, 6) is 1.02. The zero-order chi connectivity index (χ0) is 15.2. The fourth-order valence-corrected chi connectivity index (χ4v) is 1.77. The molecule has 0 radical (unpaired) electrons. The zero-order valence-electron chi connectivity index (χ0n) is 11.6. The fourth-order valence-electron chi connectivity index (χ4n) is 1.77. The number of ether oxygens (including phenoxy) is 1. The van der Waals surface area contributed by atoms with E-state index in [4.69, 9.17) is 15.0 Å². The topological polar surface area (TPSA) is 117 Å². The van der Waals surface area contributed by atoms with Crippen molar-refractivity contribution in [3.63, 3.8) is 0 Å². The molecule has 0 amide bonds. The van der Waals surface area contributed by atoms with Crippen molar-refractivity contribution in [3.8, 4) is 5.75 Å². The SMILES string of the molecule is CCCc1noc(COc2cc(CN)ccc2[N+](=O)[O-])n1. The van der Waals surface area contributed by atoms with Crippen LogP contribution < -0.4 is 10.5 Å². The minimum atomic E-state index is -0.508. The van der Waals surface area contributed by atoms with E-state index in [2.05, 4.69) is 10.1 Å². The van der Waals surface area contributed by atoms with Crippen LogP contribution in [0.2, 0.25) is 0 Å². The van der Waals surface area contributed by atoms with Crippen molar-refractivity contribution >= 4 is 5.69 Å². The molecule has 8 heteroatoms. The summed E-state index contributed by atoms with van der Waals surface area (Å²) in [6.45, 7) is 2.26. The van der Waals surface area contributed by atoms with E-state index in [1.54, 1.807) is 12.1 Å². The molecule has 0 bridgehead atoms. The van der Waals surface area contributed by atoms with Gasteiger partial charge in [0.15, 0.2) is 18.2 Å². The molecule has 1 aromatic heterocycles. The molecule has 8 nitrogen and oxygen atoms in total. The van der Waals surface area contributed by atoms with Crippen LogP contribution in [0.5, 0.6) is 5.75 Å². The first-order chi connectivity index (χ1) is 10.1. The first kappa shape index (κ1) is 14.9. The maximum atomic E-state index is 11.0. The molecule has 2 N–H and O–H groups in total. The molecule has 0 aliphatic rings. The third-order valence-electron chi connectivity index (χ3n) is 2.79. The third-order valence-corrected chi connectivity index (χ3v) is 2.79. The summed E-state index contributed by atoms with van der Waals surface area (Å²) >= 11 is 0. The molecule has 112 valence electrons. The molecule has 0 spiro atoms. The Morgan fingerprint density at radius 2 is 2.29 bits per heavy atom. The molecule has 0 unspecified atom stereocenters. The standard InChI is InChI=1S/C13H16N4O4/c1-2-3-12-15-13(21-16-12)8-20-11-6-9(7-14)4-5-10(11)17(18)19/h4-6H,2-3,7-8,14H2,1H3. The number of hydrogen-bond acceptors (Lipinski definition) is 7. The number of benzene rings is 1. The van der Waals surface area contributed by atoms with E-state index >= 15 is 0 Å². The van der Waals surface area contributed by atoms with Gasteiger partial charge in [0.1, 0.15) is 0 Å². The number of nitrogens with zero attached hydrogens (tertiary/aromatic N) is 3. The van der Waals surface area contributed by atoms with Gasteiger partial charge in [-0.15, -0.1) is 0 Å². The van der Waals surface area contributed by atoms with Crippen LogP contribution >= 0.6 is 0 Å². The Labute approximate surface area is 121 Å². The molecular weight excluding hydrogens is 276 g/mol. The molecule has 21 heavy (non-hydrogen) atoms. The number of aryl methyl sites for hydroxylation is 1. The minimum absolute atomic E-state index is 0.0222. The fraction of sp³-hybridized carbons (Fsp3) is 0.385. The molecule has 0 saturated heterocycles. The van der Waals surface area contributed by atoms with E-state index in [1.165, 1.54) is 6.07 Å². The molecule has 0 aliphatic carbocycles.